The molecule has 0 amide bonds. The van der Waals surface area contributed by atoms with Gasteiger partial charge in [-0.15, -0.1) is 0 Å². The van der Waals surface area contributed by atoms with Crippen LogP contribution in [0.15, 0.2) is 53.7 Å². The molecule has 112 valence electrons. The van der Waals surface area contributed by atoms with Crippen LogP contribution in [0.2, 0.25) is 0 Å². The summed E-state index contributed by atoms with van der Waals surface area (Å²) in [7, 11) is -0.457. The number of rotatable bonds is 4. The van der Waals surface area contributed by atoms with E-state index in [2.05, 4.69) is 15.3 Å². The smallest absolute Gasteiger partial charge is 0.141 e. The molecule has 1 unspecified atom stereocenters. The second-order valence-corrected chi connectivity index (χ2v) is 5.68. The van der Waals surface area contributed by atoms with Crippen molar-refractivity contribution in [1.29, 1.82) is 4.78 Å². The zero-order chi connectivity index (χ0) is 15.5. The van der Waals surface area contributed by atoms with Gasteiger partial charge in [-0.2, -0.15) is 0 Å². The molecule has 3 aromatic rings. The van der Waals surface area contributed by atoms with Crippen LogP contribution < -0.4 is 10.1 Å². The van der Waals surface area contributed by atoms with Crippen LogP contribution in [-0.4, -0.2) is 21.3 Å². The minimum atomic E-state index is -2.07. The van der Waals surface area contributed by atoms with Gasteiger partial charge in [0, 0.05) is 22.0 Å². The molecule has 1 aromatic heterocycles. The fourth-order valence-corrected chi connectivity index (χ4v) is 2.50. The van der Waals surface area contributed by atoms with Gasteiger partial charge in [0.05, 0.1) is 23.2 Å². The first-order chi connectivity index (χ1) is 10.7. The Balaban J connectivity index is 1.96. The van der Waals surface area contributed by atoms with Gasteiger partial charge < -0.3 is 10.1 Å². The van der Waals surface area contributed by atoms with E-state index >= 15 is 0 Å². The van der Waals surface area contributed by atoms with Crippen molar-refractivity contribution in [3.05, 3.63) is 48.8 Å². The van der Waals surface area contributed by atoms with Crippen molar-refractivity contribution in [1.82, 2.24) is 9.97 Å². The second kappa shape index (κ2) is 5.98. The molecule has 1 heterocycles. The summed E-state index contributed by atoms with van der Waals surface area (Å²) in [4.78, 5) is 8.99. The van der Waals surface area contributed by atoms with Gasteiger partial charge in [0.2, 0.25) is 0 Å². The fourth-order valence-electron chi connectivity index (χ4n) is 2.08. The Morgan fingerprint density at radius 2 is 1.91 bits per heavy atom. The first kappa shape index (κ1) is 14.3. The first-order valence-corrected chi connectivity index (χ1v) is 7.77. The van der Waals surface area contributed by atoms with Crippen LogP contribution >= 0.6 is 0 Å². The summed E-state index contributed by atoms with van der Waals surface area (Å²) in [5.41, 5.74) is 1.58. The maximum Gasteiger partial charge on any atom is 0.141 e. The zero-order valence-corrected chi connectivity index (χ0v) is 12.7. The number of fused-ring (bicyclic) bond motifs is 1. The van der Waals surface area contributed by atoms with Crippen LogP contribution in [0.25, 0.3) is 10.9 Å². The van der Waals surface area contributed by atoms with Crippen molar-refractivity contribution in [3.63, 3.8) is 0 Å². The van der Waals surface area contributed by atoms with Crippen LogP contribution in [0.3, 0.4) is 0 Å². The highest BCUT2D eigenvalue weighted by atomic mass is 32.2. The van der Waals surface area contributed by atoms with E-state index < -0.39 is 10.6 Å². The number of methoxy groups -OCH3 is 1. The Kier molecular flexibility index (Phi) is 3.88. The number of benzene rings is 2. The third kappa shape index (κ3) is 2.84. The van der Waals surface area contributed by atoms with E-state index in [0.717, 1.165) is 22.3 Å². The number of ether oxygens (including phenoxy) is 1. The summed E-state index contributed by atoms with van der Waals surface area (Å²) in [5, 5.41) is 4.08. The van der Waals surface area contributed by atoms with E-state index in [9.17, 15) is 4.21 Å². The van der Waals surface area contributed by atoms with Crippen LogP contribution in [0.1, 0.15) is 0 Å². The predicted molar refractivity (Wildman–Crippen MR) is 86.3 cm³/mol. The van der Waals surface area contributed by atoms with Crippen LogP contribution in [-0.2, 0) is 10.6 Å². The summed E-state index contributed by atoms with van der Waals surface area (Å²) in [5.74, 6) is 1.41. The number of thiol groups is 1. The molecular weight excluding hydrogens is 300 g/mol. The van der Waals surface area contributed by atoms with E-state index in [-0.39, 0.29) is 0 Å². The fraction of sp³-hybridized carbons (Fsp3) is 0.0667. The Hall–Kier alpha value is -2.67. The van der Waals surface area contributed by atoms with E-state index in [1.807, 2.05) is 18.2 Å². The van der Waals surface area contributed by atoms with Gasteiger partial charge in [0.15, 0.2) is 0 Å². The molecular formula is C15H14N4O2S. The highest BCUT2D eigenvalue weighted by Gasteiger charge is 2.05. The lowest BCUT2D eigenvalue weighted by Crippen LogP contribution is -1.96. The lowest BCUT2D eigenvalue weighted by Gasteiger charge is -2.09. The maximum absolute atomic E-state index is 11.1. The molecule has 0 aliphatic heterocycles. The molecule has 0 saturated carbocycles. The molecule has 2 N–H and O–H groups in total. The van der Waals surface area contributed by atoms with Crippen LogP contribution in [0.5, 0.6) is 5.75 Å². The average Bonchev–Trinajstić information content (AvgIpc) is 2.55. The molecule has 0 spiro atoms. The van der Waals surface area contributed by atoms with E-state index in [1.165, 1.54) is 6.33 Å². The van der Waals surface area contributed by atoms with Gasteiger partial charge in [0.25, 0.3) is 0 Å². The summed E-state index contributed by atoms with van der Waals surface area (Å²) in [6.07, 6.45) is 1.49. The Morgan fingerprint density at radius 1 is 1.14 bits per heavy atom. The normalized spacial score (nSPS) is 12.0. The quantitative estimate of drug-likeness (QED) is 0.644. The SMILES string of the molecule is COc1ccc2c(Nc3ccc([SH](=N)=O)cc3)ncnc2c1. The van der Waals surface area contributed by atoms with E-state index in [0.29, 0.717) is 10.7 Å². The van der Waals surface area contributed by atoms with Crippen molar-refractivity contribution in [3.8, 4) is 5.75 Å². The molecule has 6 nitrogen and oxygen atoms in total. The molecule has 0 aliphatic carbocycles. The monoisotopic (exact) mass is 314 g/mol. The third-order valence-electron chi connectivity index (χ3n) is 3.21. The van der Waals surface area contributed by atoms with Crippen molar-refractivity contribution in [2.45, 2.75) is 4.90 Å². The average molecular weight is 314 g/mol. The van der Waals surface area contributed by atoms with Crippen molar-refractivity contribution < 1.29 is 8.95 Å². The molecule has 2 aromatic carbocycles. The number of hydrogen-bond acceptors (Lipinski definition) is 6. The Bertz CT molecular complexity index is 884. The lowest BCUT2D eigenvalue weighted by atomic mass is 10.2. The molecule has 3 rings (SSSR count). The van der Waals surface area contributed by atoms with Gasteiger partial charge in [-0.3, -0.25) is 4.78 Å². The maximum atomic E-state index is 11.1. The first-order valence-electron chi connectivity index (χ1n) is 6.52. The minimum Gasteiger partial charge on any atom is -0.497 e. The summed E-state index contributed by atoms with van der Waals surface area (Å²) >= 11 is 0. The summed E-state index contributed by atoms with van der Waals surface area (Å²) < 4.78 is 23.5. The highest BCUT2D eigenvalue weighted by Crippen LogP contribution is 2.26. The highest BCUT2D eigenvalue weighted by molar-refractivity contribution is 7.73. The topological polar surface area (TPSA) is 88.0 Å². The third-order valence-corrected chi connectivity index (χ3v) is 3.98. The number of anilines is 2. The molecule has 0 aliphatic rings. The van der Waals surface area contributed by atoms with Gasteiger partial charge in [-0.1, -0.05) is 0 Å². The summed E-state index contributed by atoms with van der Waals surface area (Å²) in [6.45, 7) is 0. The molecule has 7 heteroatoms. The van der Waals surface area contributed by atoms with Crippen molar-refractivity contribution in [2.75, 3.05) is 12.4 Å². The number of nitrogens with zero attached hydrogens (tertiary/aromatic N) is 2. The lowest BCUT2D eigenvalue weighted by molar-refractivity contribution is 0.415. The minimum absolute atomic E-state index is 0.498. The van der Waals surface area contributed by atoms with Gasteiger partial charge >= 0.3 is 0 Å². The van der Waals surface area contributed by atoms with Crippen LogP contribution in [0, 0.1) is 4.78 Å². The predicted octanol–water partition coefficient (Wildman–Crippen LogP) is 2.98. The van der Waals surface area contributed by atoms with Gasteiger partial charge in [-0.05, 0) is 36.4 Å². The van der Waals surface area contributed by atoms with Crippen LogP contribution in [0.4, 0.5) is 11.5 Å². The molecule has 0 radical (unpaired) electrons. The summed E-state index contributed by atoms with van der Waals surface area (Å²) in [6, 6.07) is 12.5. The molecule has 0 fully saturated rings. The van der Waals surface area contributed by atoms with Crippen molar-refractivity contribution in [2.24, 2.45) is 0 Å². The molecule has 1 atom stereocenters. The zero-order valence-electron chi connectivity index (χ0n) is 11.8. The molecule has 0 bridgehead atoms. The molecule has 0 saturated heterocycles. The van der Waals surface area contributed by atoms with Gasteiger partial charge in [0.1, 0.15) is 17.9 Å². The largest absolute Gasteiger partial charge is 0.497 e. The number of hydrogen-bond donors (Lipinski definition) is 3. The number of aromatic nitrogens is 2. The Morgan fingerprint density at radius 3 is 2.59 bits per heavy atom. The Labute approximate surface area is 129 Å². The van der Waals surface area contributed by atoms with Gasteiger partial charge in [-0.25, -0.2) is 14.2 Å². The standard InChI is InChI=1S/C15H14N4O2S/c1-21-11-4-7-13-14(8-11)17-9-18-15(13)19-10-2-5-12(6-3-10)22(16)20/h2-9,16,22H,1H3,(H,17,18,19). The molecule has 22 heavy (non-hydrogen) atoms. The number of nitrogens with one attached hydrogen (secondary N) is 2. The van der Waals surface area contributed by atoms with E-state index in [1.54, 1.807) is 31.4 Å². The second-order valence-electron chi connectivity index (χ2n) is 4.57. The van der Waals surface area contributed by atoms with E-state index in [4.69, 9.17) is 9.52 Å². The van der Waals surface area contributed by atoms with Crippen molar-refractivity contribution >= 4 is 33.0 Å².